The molecule has 1 atom stereocenters. The van der Waals surface area contributed by atoms with Gasteiger partial charge < -0.3 is 15.8 Å². The van der Waals surface area contributed by atoms with E-state index in [9.17, 15) is 0 Å². The Labute approximate surface area is 135 Å². The fourth-order valence-electron chi connectivity index (χ4n) is 2.25. The number of nitrogens with two attached hydrogens (primary N) is 1. The van der Waals surface area contributed by atoms with Gasteiger partial charge in [-0.25, -0.2) is 4.98 Å². The van der Waals surface area contributed by atoms with Crippen LogP contribution in [0.4, 0.5) is 11.5 Å². The number of ether oxygens (including phenoxy) is 1. The summed E-state index contributed by atoms with van der Waals surface area (Å²) < 4.78 is 5.86. The molecule has 3 N–H and O–H groups in total. The second-order valence-corrected chi connectivity index (χ2v) is 5.51. The zero-order valence-corrected chi connectivity index (χ0v) is 13.3. The zero-order chi connectivity index (χ0) is 16.2. The van der Waals surface area contributed by atoms with Crippen molar-refractivity contribution in [3.8, 4) is 11.6 Å². The third-order valence-corrected chi connectivity index (χ3v) is 3.78. The van der Waals surface area contributed by atoms with Crippen molar-refractivity contribution in [2.75, 3.05) is 11.1 Å². The van der Waals surface area contributed by atoms with Gasteiger partial charge in [-0.15, -0.1) is 0 Å². The van der Waals surface area contributed by atoms with Crippen molar-refractivity contribution in [3.05, 3.63) is 48.8 Å². The van der Waals surface area contributed by atoms with Gasteiger partial charge in [0, 0.05) is 6.04 Å². The number of nitrogens with one attached hydrogen (secondary N) is 1. The van der Waals surface area contributed by atoms with Crippen LogP contribution in [0.3, 0.4) is 0 Å². The van der Waals surface area contributed by atoms with Gasteiger partial charge in [0.1, 0.15) is 17.8 Å². The van der Waals surface area contributed by atoms with Crippen LogP contribution in [0.5, 0.6) is 11.6 Å². The SMILES string of the molecule is CCC(C)Nc1ncnc(Oc2ccc3ccccc3c2)c1N. The Morgan fingerprint density at radius 2 is 1.91 bits per heavy atom. The molecule has 0 aliphatic rings. The van der Waals surface area contributed by atoms with E-state index in [4.69, 9.17) is 10.5 Å². The Morgan fingerprint density at radius 3 is 2.70 bits per heavy atom. The van der Waals surface area contributed by atoms with Gasteiger partial charge in [0.25, 0.3) is 0 Å². The van der Waals surface area contributed by atoms with Crippen LogP contribution in [0, 0.1) is 0 Å². The van der Waals surface area contributed by atoms with E-state index in [1.54, 1.807) is 0 Å². The summed E-state index contributed by atoms with van der Waals surface area (Å²) in [5.41, 5.74) is 6.55. The highest BCUT2D eigenvalue weighted by Gasteiger charge is 2.12. The number of benzene rings is 2. The summed E-state index contributed by atoms with van der Waals surface area (Å²) in [6.07, 6.45) is 2.43. The predicted octanol–water partition coefficient (Wildman–Crippen LogP) is 4.21. The second kappa shape index (κ2) is 6.52. The number of nitrogen functional groups attached to an aromatic ring is 1. The molecule has 3 rings (SSSR count). The molecule has 3 aromatic rings. The maximum absolute atomic E-state index is 6.13. The van der Waals surface area contributed by atoms with Crippen molar-refractivity contribution >= 4 is 22.3 Å². The Bertz CT molecular complexity index is 819. The molecule has 5 nitrogen and oxygen atoms in total. The topological polar surface area (TPSA) is 73.1 Å². The van der Waals surface area contributed by atoms with E-state index in [-0.39, 0.29) is 6.04 Å². The predicted molar refractivity (Wildman–Crippen MR) is 93.8 cm³/mol. The molecule has 0 bridgehead atoms. The monoisotopic (exact) mass is 308 g/mol. The van der Waals surface area contributed by atoms with Crippen LogP contribution in [-0.4, -0.2) is 16.0 Å². The van der Waals surface area contributed by atoms with Crippen molar-refractivity contribution in [1.29, 1.82) is 0 Å². The van der Waals surface area contributed by atoms with Crippen LogP contribution >= 0.6 is 0 Å². The second-order valence-electron chi connectivity index (χ2n) is 5.51. The summed E-state index contributed by atoms with van der Waals surface area (Å²) in [4.78, 5) is 8.34. The minimum absolute atomic E-state index is 0.278. The molecule has 1 heterocycles. The average molecular weight is 308 g/mol. The van der Waals surface area contributed by atoms with E-state index in [2.05, 4.69) is 35.2 Å². The number of anilines is 2. The first-order chi connectivity index (χ1) is 11.2. The van der Waals surface area contributed by atoms with Crippen molar-refractivity contribution in [3.63, 3.8) is 0 Å². The molecule has 118 valence electrons. The smallest absolute Gasteiger partial charge is 0.248 e. The van der Waals surface area contributed by atoms with E-state index in [0.717, 1.165) is 17.2 Å². The third kappa shape index (κ3) is 3.34. The third-order valence-electron chi connectivity index (χ3n) is 3.78. The molecule has 2 aromatic carbocycles. The van der Waals surface area contributed by atoms with Crippen LogP contribution in [0.1, 0.15) is 20.3 Å². The molecule has 0 spiro atoms. The number of hydrogen-bond acceptors (Lipinski definition) is 5. The van der Waals surface area contributed by atoms with Crippen LogP contribution in [0.2, 0.25) is 0 Å². The van der Waals surface area contributed by atoms with Gasteiger partial charge in [-0.2, -0.15) is 4.98 Å². The summed E-state index contributed by atoms with van der Waals surface area (Å²) in [5, 5.41) is 5.53. The van der Waals surface area contributed by atoms with E-state index in [1.165, 1.54) is 6.33 Å². The lowest BCUT2D eigenvalue weighted by molar-refractivity contribution is 0.465. The molecule has 0 radical (unpaired) electrons. The molecule has 0 aliphatic heterocycles. The normalized spacial score (nSPS) is 12.1. The van der Waals surface area contributed by atoms with Gasteiger partial charge in [0.15, 0.2) is 5.82 Å². The molecule has 0 amide bonds. The number of nitrogens with zero attached hydrogens (tertiary/aromatic N) is 2. The maximum atomic E-state index is 6.13. The highest BCUT2D eigenvalue weighted by molar-refractivity contribution is 5.83. The average Bonchev–Trinajstić information content (AvgIpc) is 2.58. The Kier molecular flexibility index (Phi) is 4.28. The number of rotatable bonds is 5. The molecule has 23 heavy (non-hydrogen) atoms. The lowest BCUT2D eigenvalue weighted by atomic mass is 10.1. The molecule has 0 saturated carbocycles. The molecule has 5 heteroatoms. The van der Waals surface area contributed by atoms with E-state index in [1.807, 2.05) is 36.4 Å². The van der Waals surface area contributed by atoms with Gasteiger partial charge in [-0.05, 0) is 36.2 Å². The van der Waals surface area contributed by atoms with Gasteiger partial charge in [-0.1, -0.05) is 37.3 Å². The van der Waals surface area contributed by atoms with Gasteiger partial charge in [-0.3, -0.25) is 0 Å². The van der Waals surface area contributed by atoms with Crippen molar-refractivity contribution < 1.29 is 4.74 Å². The van der Waals surface area contributed by atoms with Crippen LogP contribution in [0.15, 0.2) is 48.8 Å². The van der Waals surface area contributed by atoms with Crippen LogP contribution in [-0.2, 0) is 0 Å². The highest BCUT2D eigenvalue weighted by Crippen LogP contribution is 2.31. The van der Waals surface area contributed by atoms with E-state index in [0.29, 0.717) is 23.1 Å². The Morgan fingerprint density at radius 1 is 1.13 bits per heavy atom. The summed E-state index contributed by atoms with van der Waals surface area (Å²) in [7, 11) is 0. The number of fused-ring (bicyclic) bond motifs is 1. The van der Waals surface area contributed by atoms with Crippen LogP contribution < -0.4 is 15.8 Å². The first-order valence-electron chi connectivity index (χ1n) is 7.71. The molecule has 0 aliphatic carbocycles. The minimum Gasteiger partial charge on any atom is -0.437 e. The summed E-state index contributed by atoms with van der Waals surface area (Å²) in [6.45, 7) is 4.17. The van der Waals surface area contributed by atoms with E-state index < -0.39 is 0 Å². The van der Waals surface area contributed by atoms with Crippen LogP contribution in [0.25, 0.3) is 10.8 Å². The standard InChI is InChI=1S/C18H20N4O/c1-3-12(2)22-17-16(19)18(21-11-20-17)23-15-9-8-13-6-4-5-7-14(13)10-15/h4-12H,3,19H2,1-2H3,(H,20,21,22). The number of aromatic nitrogens is 2. The molecular weight excluding hydrogens is 288 g/mol. The summed E-state index contributed by atoms with van der Waals surface area (Å²) >= 11 is 0. The van der Waals surface area contributed by atoms with Gasteiger partial charge in [0.05, 0.1) is 0 Å². The minimum atomic E-state index is 0.278. The molecular formula is C18H20N4O. The molecule has 1 aromatic heterocycles. The summed E-state index contributed by atoms with van der Waals surface area (Å²) in [5.74, 6) is 1.66. The van der Waals surface area contributed by atoms with Crippen molar-refractivity contribution in [2.45, 2.75) is 26.3 Å². The molecule has 0 saturated heterocycles. The highest BCUT2D eigenvalue weighted by atomic mass is 16.5. The molecule has 0 fully saturated rings. The Balaban J connectivity index is 1.87. The first-order valence-corrected chi connectivity index (χ1v) is 7.71. The molecule has 1 unspecified atom stereocenters. The Hall–Kier alpha value is -2.82. The largest absolute Gasteiger partial charge is 0.437 e. The van der Waals surface area contributed by atoms with Gasteiger partial charge >= 0.3 is 0 Å². The quantitative estimate of drug-likeness (QED) is 0.738. The maximum Gasteiger partial charge on any atom is 0.248 e. The fraction of sp³-hybridized carbons (Fsp3) is 0.222. The van der Waals surface area contributed by atoms with E-state index >= 15 is 0 Å². The fourth-order valence-corrected chi connectivity index (χ4v) is 2.25. The lowest BCUT2D eigenvalue weighted by Crippen LogP contribution is -2.16. The van der Waals surface area contributed by atoms with Crippen molar-refractivity contribution in [2.24, 2.45) is 0 Å². The zero-order valence-electron chi connectivity index (χ0n) is 13.3. The van der Waals surface area contributed by atoms with Crippen molar-refractivity contribution in [1.82, 2.24) is 9.97 Å². The lowest BCUT2D eigenvalue weighted by Gasteiger charge is -2.15. The first kappa shape index (κ1) is 15.1. The summed E-state index contributed by atoms with van der Waals surface area (Å²) in [6, 6.07) is 14.3. The number of hydrogen-bond donors (Lipinski definition) is 2. The van der Waals surface area contributed by atoms with Gasteiger partial charge in [0.2, 0.25) is 5.88 Å².